The van der Waals surface area contributed by atoms with E-state index in [1.54, 1.807) is 12.1 Å². The van der Waals surface area contributed by atoms with Gasteiger partial charge in [-0.25, -0.2) is 0 Å². The first-order valence-electron chi connectivity index (χ1n) is 8.23. The summed E-state index contributed by atoms with van der Waals surface area (Å²) in [5, 5.41) is 3.28. The second-order valence-corrected chi connectivity index (χ2v) is 7.22. The maximum Gasteiger partial charge on any atom is 0.306 e. The molecule has 2 aliphatic rings. The second kappa shape index (κ2) is 6.91. The fourth-order valence-electron chi connectivity index (χ4n) is 3.91. The van der Waals surface area contributed by atoms with Gasteiger partial charge in [-0.2, -0.15) is 0 Å². The van der Waals surface area contributed by atoms with Gasteiger partial charge in [0.1, 0.15) is 0 Å². The van der Waals surface area contributed by atoms with E-state index in [0.29, 0.717) is 29.0 Å². The molecule has 5 heteroatoms. The smallest absolute Gasteiger partial charge is 0.306 e. The van der Waals surface area contributed by atoms with Crippen LogP contribution in [0.4, 0.5) is 5.69 Å². The summed E-state index contributed by atoms with van der Waals surface area (Å²) >= 11 is 6.01. The molecule has 3 atom stereocenters. The van der Waals surface area contributed by atoms with Gasteiger partial charge in [0.05, 0.1) is 0 Å². The lowest BCUT2D eigenvalue weighted by Gasteiger charge is -2.20. The van der Waals surface area contributed by atoms with Gasteiger partial charge < -0.3 is 10.1 Å². The Morgan fingerprint density at radius 1 is 1.30 bits per heavy atom. The van der Waals surface area contributed by atoms with Crippen LogP contribution in [0.3, 0.4) is 0 Å². The SMILES string of the molecule is Cc1ccc(NC(=O)COC(=O)C[C@@H]2C[C@@H]3CC[C@@H]2C3)cc1Cl. The molecule has 0 heterocycles. The van der Waals surface area contributed by atoms with Crippen LogP contribution in [0.2, 0.25) is 5.02 Å². The third kappa shape index (κ3) is 4.05. The van der Waals surface area contributed by atoms with Gasteiger partial charge in [-0.15, -0.1) is 0 Å². The van der Waals surface area contributed by atoms with Gasteiger partial charge in [-0.05, 0) is 61.6 Å². The fraction of sp³-hybridized carbons (Fsp3) is 0.556. The van der Waals surface area contributed by atoms with Crippen LogP contribution in [0.5, 0.6) is 0 Å². The normalized spacial score (nSPS) is 25.4. The number of hydrogen-bond donors (Lipinski definition) is 1. The van der Waals surface area contributed by atoms with E-state index in [0.717, 1.165) is 17.9 Å². The number of carbonyl (C=O) groups excluding carboxylic acids is 2. The van der Waals surface area contributed by atoms with Crippen molar-refractivity contribution in [2.75, 3.05) is 11.9 Å². The molecule has 2 aliphatic carbocycles. The summed E-state index contributed by atoms with van der Waals surface area (Å²) in [6.07, 6.45) is 5.43. The molecular formula is C18H22ClNO3. The fourth-order valence-corrected chi connectivity index (χ4v) is 4.09. The molecule has 0 radical (unpaired) electrons. The van der Waals surface area contributed by atoms with Gasteiger partial charge in [-0.3, -0.25) is 9.59 Å². The molecule has 0 unspecified atom stereocenters. The number of nitrogens with one attached hydrogen (secondary N) is 1. The minimum absolute atomic E-state index is 0.245. The molecule has 2 fully saturated rings. The number of benzene rings is 1. The van der Waals surface area contributed by atoms with E-state index in [4.69, 9.17) is 16.3 Å². The Bertz CT molecular complexity index is 616. The van der Waals surface area contributed by atoms with E-state index in [2.05, 4.69) is 5.32 Å². The Hall–Kier alpha value is -1.55. The lowest BCUT2D eigenvalue weighted by molar-refractivity contribution is -0.148. The minimum atomic E-state index is -0.341. The summed E-state index contributed by atoms with van der Waals surface area (Å²) in [7, 11) is 0. The molecule has 0 saturated heterocycles. The highest BCUT2D eigenvalue weighted by molar-refractivity contribution is 6.31. The lowest BCUT2D eigenvalue weighted by atomic mass is 9.86. The summed E-state index contributed by atoms with van der Waals surface area (Å²) in [5.41, 5.74) is 1.55. The molecule has 1 amide bonds. The lowest BCUT2D eigenvalue weighted by Crippen LogP contribution is -2.23. The highest BCUT2D eigenvalue weighted by Crippen LogP contribution is 2.49. The molecular weight excluding hydrogens is 314 g/mol. The molecule has 1 aromatic rings. The summed E-state index contributed by atoms with van der Waals surface area (Å²) < 4.78 is 5.12. The van der Waals surface area contributed by atoms with Crippen LogP contribution in [0, 0.1) is 24.7 Å². The van der Waals surface area contributed by atoms with Crippen molar-refractivity contribution < 1.29 is 14.3 Å². The van der Waals surface area contributed by atoms with Gasteiger partial charge >= 0.3 is 5.97 Å². The summed E-state index contributed by atoms with van der Waals surface area (Å²) in [5.74, 6) is 1.36. The first-order valence-corrected chi connectivity index (χ1v) is 8.60. The Labute approximate surface area is 141 Å². The molecule has 2 saturated carbocycles. The molecule has 1 N–H and O–H groups in total. The van der Waals surface area contributed by atoms with Crippen LogP contribution < -0.4 is 5.32 Å². The number of hydrogen-bond acceptors (Lipinski definition) is 3. The maximum atomic E-state index is 11.9. The Morgan fingerprint density at radius 3 is 2.78 bits per heavy atom. The molecule has 0 spiro atoms. The van der Waals surface area contributed by atoms with Gasteiger partial charge in [0.25, 0.3) is 5.91 Å². The van der Waals surface area contributed by atoms with Gasteiger partial charge in [0, 0.05) is 17.1 Å². The number of fused-ring (bicyclic) bond motifs is 2. The predicted octanol–water partition coefficient (Wildman–Crippen LogP) is 3.96. The maximum absolute atomic E-state index is 11.9. The highest BCUT2D eigenvalue weighted by Gasteiger charge is 2.40. The zero-order chi connectivity index (χ0) is 16.4. The number of halogens is 1. The third-order valence-electron chi connectivity index (χ3n) is 5.13. The van der Waals surface area contributed by atoms with Crippen molar-refractivity contribution in [1.82, 2.24) is 0 Å². The van der Waals surface area contributed by atoms with Crippen LogP contribution in [-0.4, -0.2) is 18.5 Å². The number of ether oxygens (including phenoxy) is 1. The van der Waals surface area contributed by atoms with E-state index >= 15 is 0 Å². The van der Waals surface area contributed by atoms with E-state index in [9.17, 15) is 9.59 Å². The summed E-state index contributed by atoms with van der Waals surface area (Å²) in [4.78, 5) is 23.8. The topological polar surface area (TPSA) is 55.4 Å². The number of esters is 1. The molecule has 0 aliphatic heterocycles. The largest absolute Gasteiger partial charge is 0.456 e. The Kier molecular flexibility index (Phi) is 4.90. The van der Waals surface area contributed by atoms with Crippen molar-refractivity contribution in [3.05, 3.63) is 28.8 Å². The molecule has 124 valence electrons. The average Bonchev–Trinajstić information content (AvgIpc) is 3.12. The zero-order valence-corrected chi connectivity index (χ0v) is 14.1. The van der Waals surface area contributed by atoms with Crippen molar-refractivity contribution in [2.45, 2.75) is 39.0 Å². The average molecular weight is 336 g/mol. The molecule has 3 rings (SSSR count). The Morgan fingerprint density at radius 2 is 2.13 bits per heavy atom. The van der Waals surface area contributed by atoms with Crippen molar-refractivity contribution in [1.29, 1.82) is 0 Å². The molecule has 23 heavy (non-hydrogen) atoms. The van der Waals surface area contributed by atoms with Crippen LogP contribution >= 0.6 is 11.6 Å². The first-order chi connectivity index (χ1) is 11.0. The first kappa shape index (κ1) is 16.3. The molecule has 2 bridgehead atoms. The minimum Gasteiger partial charge on any atom is -0.456 e. The van der Waals surface area contributed by atoms with Crippen LogP contribution in [0.15, 0.2) is 18.2 Å². The number of rotatable bonds is 5. The van der Waals surface area contributed by atoms with Crippen molar-refractivity contribution in [3.63, 3.8) is 0 Å². The third-order valence-corrected chi connectivity index (χ3v) is 5.54. The number of anilines is 1. The van der Waals surface area contributed by atoms with Gasteiger partial charge in [-0.1, -0.05) is 24.1 Å². The van der Waals surface area contributed by atoms with Crippen LogP contribution in [0.1, 0.15) is 37.7 Å². The highest BCUT2D eigenvalue weighted by atomic mass is 35.5. The van der Waals surface area contributed by atoms with Gasteiger partial charge in [0.2, 0.25) is 0 Å². The van der Waals surface area contributed by atoms with E-state index < -0.39 is 0 Å². The number of aryl methyl sites for hydroxylation is 1. The number of amides is 1. The molecule has 0 aromatic heterocycles. The van der Waals surface area contributed by atoms with Gasteiger partial charge in [0.15, 0.2) is 6.61 Å². The molecule has 1 aromatic carbocycles. The summed E-state index contributed by atoms with van der Waals surface area (Å²) in [6, 6.07) is 5.29. The van der Waals surface area contributed by atoms with E-state index in [1.165, 1.54) is 19.3 Å². The van der Waals surface area contributed by atoms with Crippen molar-refractivity contribution in [2.24, 2.45) is 17.8 Å². The number of carbonyl (C=O) groups is 2. The Balaban J connectivity index is 1.41. The summed E-state index contributed by atoms with van der Waals surface area (Å²) in [6.45, 7) is 1.65. The van der Waals surface area contributed by atoms with Crippen molar-refractivity contribution in [3.8, 4) is 0 Å². The molecule has 4 nitrogen and oxygen atoms in total. The van der Waals surface area contributed by atoms with Crippen LogP contribution in [-0.2, 0) is 14.3 Å². The van der Waals surface area contributed by atoms with Crippen molar-refractivity contribution >= 4 is 29.2 Å². The standard InChI is InChI=1S/C18H22ClNO3/c1-11-2-5-15(9-16(11)19)20-17(21)10-23-18(22)8-14-7-12-3-4-13(14)6-12/h2,5,9,12-14H,3-4,6-8,10H2,1H3,(H,20,21)/t12-,13-,14+/m1/s1. The zero-order valence-electron chi connectivity index (χ0n) is 13.3. The van der Waals surface area contributed by atoms with E-state index in [1.807, 2.05) is 13.0 Å². The quantitative estimate of drug-likeness (QED) is 0.829. The predicted molar refractivity (Wildman–Crippen MR) is 89.3 cm³/mol. The van der Waals surface area contributed by atoms with E-state index in [-0.39, 0.29) is 18.5 Å². The second-order valence-electron chi connectivity index (χ2n) is 6.81. The monoisotopic (exact) mass is 335 g/mol. The van der Waals surface area contributed by atoms with Crippen LogP contribution in [0.25, 0.3) is 0 Å².